The summed E-state index contributed by atoms with van der Waals surface area (Å²) in [6, 6.07) is 9.58. The number of carbonyl (C=O) groups is 1. The minimum absolute atomic E-state index is 0.117. The Bertz CT molecular complexity index is 721. The highest BCUT2D eigenvalue weighted by atomic mass is 19.2. The summed E-state index contributed by atoms with van der Waals surface area (Å²) in [5, 5.41) is 12.8. The molecule has 0 fully saturated rings. The van der Waals surface area contributed by atoms with Gasteiger partial charge in [-0.3, -0.25) is 4.79 Å². The van der Waals surface area contributed by atoms with Gasteiger partial charge in [0.25, 0.3) is 0 Å². The zero-order valence-corrected chi connectivity index (χ0v) is 13.4. The number of hydrogen-bond donors (Lipinski definition) is 2. The predicted molar refractivity (Wildman–Crippen MR) is 85.6 cm³/mol. The first-order chi connectivity index (χ1) is 11.4. The van der Waals surface area contributed by atoms with Gasteiger partial charge in [-0.15, -0.1) is 0 Å². The summed E-state index contributed by atoms with van der Waals surface area (Å²) in [6.45, 7) is 1.59. The Balaban J connectivity index is 1.98. The van der Waals surface area contributed by atoms with Crippen LogP contribution in [0.5, 0.6) is 5.75 Å². The molecule has 24 heavy (non-hydrogen) atoms. The first kappa shape index (κ1) is 17.9. The number of halogens is 2. The quantitative estimate of drug-likeness (QED) is 0.853. The van der Waals surface area contributed by atoms with Gasteiger partial charge in [0, 0.05) is 0 Å². The van der Waals surface area contributed by atoms with E-state index in [1.165, 1.54) is 6.07 Å². The Morgan fingerprint density at radius 2 is 1.96 bits per heavy atom. The number of amides is 1. The molecule has 2 aromatic carbocycles. The van der Waals surface area contributed by atoms with Crippen molar-refractivity contribution in [2.75, 3.05) is 7.11 Å². The summed E-state index contributed by atoms with van der Waals surface area (Å²) in [7, 11) is 1.54. The molecule has 2 aromatic rings. The first-order valence-electron chi connectivity index (χ1n) is 7.46. The van der Waals surface area contributed by atoms with E-state index in [2.05, 4.69) is 5.32 Å². The fraction of sp³-hybridized carbons (Fsp3) is 0.278. The van der Waals surface area contributed by atoms with Crippen molar-refractivity contribution in [3.63, 3.8) is 0 Å². The van der Waals surface area contributed by atoms with Crippen molar-refractivity contribution in [2.24, 2.45) is 0 Å². The Kier molecular flexibility index (Phi) is 5.87. The fourth-order valence-corrected chi connectivity index (χ4v) is 2.34. The number of aliphatic hydroxyl groups is 1. The summed E-state index contributed by atoms with van der Waals surface area (Å²) in [4.78, 5) is 12.1. The van der Waals surface area contributed by atoms with E-state index >= 15 is 0 Å². The van der Waals surface area contributed by atoms with Crippen molar-refractivity contribution in [2.45, 2.75) is 25.5 Å². The third-order valence-corrected chi connectivity index (χ3v) is 3.65. The summed E-state index contributed by atoms with van der Waals surface area (Å²) in [5.41, 5.74) is 0.962. The molecule has 0 heterocycles. The van der Waals surface area contributed by atoms with E-state index in [1.807, 2.05) is 0 Å². The molecule has 0 radical (unpaired) electrons. The molecule has 4 nitrogen and oxygen atoms in total. The second-order valence-electron chi connectivity index (χ2n) is 5.50. The van der Waals surface area contributed by atoms with E-state index in [9.17, 15) is 18.7 Å². The standard InChI is InChI=1S/C18H19F2NO3/c1-11(18(23)13-6-7-15(19)16(20)10-13)21-17(22)9-12-4-3-5-14(8-12)24-2/h3-8,10-11,18,23H,9H2,1-2H3,(H,21,22). The second kappa shape index (κ2) is 7.88. The molecule has 0 bridgehead atoms. The van der Waals surface area contributed by atoms with Gasteiger partial charge in [-0.1, -0.05) is 18.2 Å². The third kappa shape index (κ3) is 4.52. The molecule has 0 aliphatic rings. The zero-order chi connectivity index (χ0) is 17.7. The fourth-order valence-electron chi connectivity index (χ4n) is 2.34. The maximum absolute atomic E-state index is 13.2. The van der Waals surface area contributed by atoms with Crippen LogP contribution in [0.2, 0.25) is 0 Å². The topological polar surface area (TPSA) is 58.6 Å². The summed E-state index contributed by atoms with van der Waals surface area (Å²) in [6.07, 6.45) is -1.03. The third-order valence-electron chi connectivity index (χ3n) is 3.65. The molecular weight excluding hydrogens is 316 g/mol. The molecule has 0 aliphatic heterocycles. The lowest BCUT2D eigenvalue weighted by Gasteiger charge is -2.21. The Morgan fingerprint density at radius 1 is 1.21 bits per heavy atom. The van der Waals surface area contributed by atoms with Gasteiger partial charge in [0.1, 0.15) is 5.75 Å². The number of benzene rings is 2. The summed E-state index contributed by atoms with van der Waals surface area (Å²) in [5.74, 6) is -1.67. The molecule has 128 valence electrons. The molecule has 2 atom stereocenters. The second-order valence-corrected chi connectivity index (χ2v) is 5.50. The molecule has 0 aliphatic carbocycles. The number of aliphatic hydroxyl groups excluding tert-OH is 1. The van der Waals surface area contributed by atoms with Crippen LogP contribution in [-0.2, 0) is 11.2 Å². The minimum Gasteiger partial charge on any atom is -0.497 e. The van der Waals surface area contributed by atoms with Crippen LogP contribution in [0, 0.1) is 11.6 Å². The molecule has 0 saturated heterocycles. The highest BCUT2D eigenvalue weighted by Gasteiger charge is 2.20. The molecule has 0 spiro atoms. The average Bonchev–Trinajstić information content (AvgIpc) is 2.56. The van der Waals surface area contributed by atoms with Crippen LogP contribution in [0.15, 0.2) is 42.5 Å². The minimum atomic E-state index is -1.14. The van der Waals surface area contributed by atoms with Gasteiger partial charge in [-0.25, -0.2) is 8.78 Å². The van der Waals surface area contributed by atoms with Gasteiger partial charge in [-0.05, 0) is 42.3 Å². The van der Waals surface area contributed by atoms with Crippen molar-refractivity contribution in [3.8, 4) is 5.75 Å². The summed E-state index contributed by atoms with van der Waals surface area (Å²) >= 11 is 0. The van der Waals surface area contributed by atoms with Crippen LogP contribution in [-0.4, -0.2) is 24.2 Å². The lowest BCUT2D eigenvalue weighted by Crippen LogP contribution is -2.38. The van der Waals surface area contributed by atoms with Crippen molar-refractivity contribution in [1.82, 2.24) is 5.32 Å². The number of nitrogens with one attached hydrogen (secondary N) is 1. The Hall–Kier alpha value is -2.47. The molecule has 0 aromatic heterocycles. The monoisotopic (exact) mass is 335 g/mol. The molecule has 0 saturated carbocycles. The van der Waals surface area contributed by atoms with Crippen LogP contribution in [0.3, 0.4) is 0 Å². The lowest BCUT2D eigenvalue weighted by atomic mass is 10.0. The maximum atomic E-state index is 13.2. The number of carbonyl (C=O) groups excluding carboxylic acids is 1. The van der Waals surface area contributed by atoms with Crippen LogP contribution >= 0.6 is 0 Å². The summed E-state index contributed by atoms with van der Waals surface area (Å²) < 4.78 is 31.3. The Labute approximate surface area is 139 Å². The van der Waals surface area contributed by atoms with Crippen molar-refractivity contribution in [3.05, 3.63) is 65.2 Å². The van der Waals surface area contributed by atoms with Crippen LogP contribution in [0.25, 0.3) is 0 Å². The predicted octanol–water partition coefficient (Wildman–Crippen LogP) is 2.75. The van der Waals surface area contributed by atoms with Crippen LogP contribution in [0.1, 0.15) is 24.2 Å². The molecule has 1 amide bonds. The molecule has 2 rings (SSSR count). The molecule has 2 unspecified atom stereocenters. The van der Waals surface area contributed by atoms with Crippen LogP contribution in [0.4, 0.5) is 8.78 Å². The average molecular weight is 335 g/mol. The number of hydrogen-bond acceptors (Lipinski definition) is 3. The van der Waals surface area contributed by atoms with E-state index in [0.29, 0.717) is 5.75 Å². The normalized spacial score (nSPS) is 13.2. The van der Waals surface area contributed by atoms with Crippen molar-refractivity contribution >= 4 is 5.91 Å². The zero-order valence-electron chi connectivity index (χ0n) is 13.4. The number of ether oxygens (including phenoxy) is 1. The van der Waals surface area contributed by atoms with Gasteiger partial charge in [0.05, 0.1) is 25.7 Å². The smallest absolute Gasteiger partial charge is 0.224 e. The molecule has 2 N–H and O–H groups in total. The number of rotatable bonds is 6. The van der Waals surface area contributed by atoms with E-state index in [1.54, 1.807) is 38.3 Å². The lowest BCUT2D eigenvalue weighted by molar-refractivity contribution is -0.121. The van der Waals surface area contributed by atoms with Crippen molar-refractivity contribution < 1.29 is 23.4 Å². The van der Waals surface area contributed by atoms with Gasteiger partial charge >= 0.3 is 0 Å². The molecule has 6 heteroatoms. The Morgan fingerprint density at radius 3 is 2.62 bits per heavy atom. The van der Waals surface area contributed by atoms with Gasteiger partial charge in [0.2, 0.25) is 5.91 Å². The SMILES string of the molecule is COc1cccc(CC(=O)NC(C)C(O)c2ccc(F)c(F)c2)c1. The number of methoxy groups -OCH3 is 1. The molecular formula is C18H19F2NO3. The van der Waals surface area contributed by atoms with E-state index in [4.69, 9.17) is 4.74 Å². The van der Waals surface area contributed by atoms with E-state index < -0.39 is 23.8 Å². The largest absolute Gasteiger partial charge is 0.497 e. The first-order valence-corrected chi connectivity index (χ1v) is 7.46. The van der Waals surface area contributed by atoms with E-state index in [-0.39, 0.29) is 17.9 Å². The van der Waals surface area contributed by atoms with Gasteiger partial charge < -0.3 is 15.2 Å². The highest BCUT2D eigenvalue weighted by Crippen LogP contribution is 2.19. The highest BCUT2D eigenvalue weighted by molar-refractivity contribution is 5.79. The van der Waals surface area contributed by atoms with Crippen LogP contribution < -0.4 is 10.1 Å². The maximum Gasteiger partial charge on any atom is 0.224 e. The van der Waals surface area contributed by atoms with Crippen molar-refractivity contribution in [1.29, 1.82) is 0 Å². The van der Waals surface area contributed by atoms with E-state index in [0.717, 1.165) is 17.7 Å². The van der Waals surface area contributed by atoms with Gasteiger partial charge in [0.15, 0.2) is 11.6 Å². The van der Waals surface area contributed by atoms with Gasteiger partial charge in [-0.2, -0.15) is 0 Å².